The molecule has 0 bridgehead atoms. The summed E-state index contributed by atoms with van der Waals surface area (Å²) in [6.45, 7) is 17.1. The Morgan fingerprint density at radius 2 is 0.549 bits per heavy atom. The Labute approximate surface area is 547 Å². The maximum Gasteiger partial charge on any atom is 0.103 e. The molecule has 0 unspecified atom stereocenters. The average Bonchev–Trinajstić information content (AvgIpc) is 4.15. The van der Waals surface area contributed by atoms with E-state index >= 15 is 0 Å². The van der Waals surface area contributed by atoms with E-state index in [1.54, 1.807) is 0 Å². The van der Waals surface area contributed by atoms with Crippen molar-refractivity contribution in [3.63, 3.8) is 0 Å². The predicted octanol–water partition coefficient (Wildman–Crippen LogP) is 11.5. The quantitative estimate of drug-likeness (QED) is 0.108. The Balaban J connectivity index is 0.000000256. The molecule has 0 atom stereocenters. The van der Waals surface area contributed by atoms with Crippen LogP contribution in [-0.4, -0.2) is 19.0 Å². The summed E-state index contributed by atoms with van der Waals surface area (Å²) in [6.07, 6.45) is 2.10. The second-order valence-corrected chi connectivity index (χ2v) is 24.2. The zero-order valence-electron chi connectivity index (χ0n) is 48.7. The zero-order chi connectivity index (χ0) is 55.2. The van der Waals surface area contributed by atoms with E-state index in [1.165, 1.54) is 65.3 Å². The number of hydrogen-bond acceptors (Lipinski definition) is 0. The van der Waals surface area contributed by atoms with Crippen molar-refractivity contribution in [2.24, 2.45) is 0 Å². The second kappa shape index (κ2) is 37.0. The molecule has 0 fully saturated rings. The van der Waals surface area contributed by atoms with Crippen molar-refractivity contribution in [1.82, 2.24) is 0 Å². The Morgan fingerprint density at radius 3 is 0.817 bits per heavy atom. The number of fused-ring (bicyclic) bond motifs is 6. The normalized spacial score (nSPS) is 10.6. The van der Waals surface area contributed by atoms with E-state index < -0.39 is 0 Å². The topological polar surface area (TPSA) is 47.6 Å². The van der Waals surface area contributed by atoms with Gasteiger partial charge in [0, 0.05) is 51.7 Å². The molecule has 0 aliphatic heterocycles. The zero-order valence-corrected chi connectivity index (χ0v) is 59.7. The van der Waals surface area contributed by atoms with E-state index in [0.29, 0.717) is 23.7 Å². The summed E-state index contributed by atoms with van der Waals surface area (Å²) in [7, 11) is 0.543. The molecule has 0 amide bonds. The summed E-state index contributed by atoms with van der Waals surface area (Å²) in [4.78, 5) is 0. The van der Waals surface area contributed by atoms with Crippen molar-refractivity contribution in [1.29, 1.82) is 0 Å². The summed E-state index contributed by atoms with van der Waals surface area (Å²) in [5.41, 5.74) is 33.1. The first-order valence-electron chi connectivity index (χ1n) is 27.6. The molecule has 0 spiro atoms. The smallest absolute Gasteiger partial charge is 0.103 e. The molecule has 12 rings (SSSR count). The summed E-state index contributed by atoms with van der Waals surface area (Å²) >= 11 is 0. The number of rotatable bonds is 8. The molecule has 418 valence electrons. The number of halogens is 2. The molecule has 8 heteroatoms. The third-order valence-electron chi connectivity index (χ3n) is 13.8. The molecule has 2 nitrogen and oxygen atoms in total. The van der Waals surface area contributed by atoms with Crippen molar-refractivity contribution < 1.29 is 76.5 Å². The molecule has 2 aliphatic rings. The third kappa shape index (κ3) is 21.0. The van der Waals surface area contributed by atoms with Gasteiger partial charge in [-0.05, 0) is 36.5 Å². The summed E-state index contributed by atoms with van der Waals surface area (Å²) in [5, 5.41) is 5.81. The first-order chi connectivity index (χ1) is 37.9. The molecule has 0 saturated carbocycles. The van der Waals surface area contributed by atoms with Crippen LogP contribution in [-0.2, 0) is 64.5 Å². The van der Waals surface area contributed by atoms with E-state index in [1.807, 2.05) is 12.1 Å². The van der Waals surface area contributed by atoms with Gasteiger partial charge in [0.15, 0.2) is 0 Å². The van der Waals surface area contributed by atoms with Crippen LogP contribution in [0.25, 0.3) is 33.7 Å². The largest absolute Gasteiger partial charge is 1.00 e. The fourth-order valence-corrected chi connectivity index (χ4v) is 12.1. The molecule has 0 saturated heterocycles. The first kappa shape index (κ1) is 70.8. The van der Waals surface area contributed by atoms with Gasteiger partial charge in [-0.3, -0.25) is 0 Å². The molecular weight excluding hydrogens is 1400 g/mol. The number of nitrogens with one attached hydrogen (secondary N) is 2. The van der Waals surface area contributed by atoms with E-state index in [4.69, 9.17) is 11.5 Å². The van der Waals surface area contributed by atoms with Gasteiger partial charge in [-0.15, -0.1) is 22.5 Å². The van der Waals surface area contributed by atoms with Gasteiger partial charge in [0.05, 0.1) is 0 Å². The maximum absolute atomic E-state index is 8.01. The van der Waals surface area contributed by atoms with Crippen LogP contribution >= 0.6 is 0 Å². The Hall–Kier alpha value is -5.45. The van der Waals surface area contributed by atoms with Crippen LogP contribution < -0.4 is 45.6 Å². The van der Waals surface area contributed by atoms with Crippen LogP contribution in [0, 0.1) is 12.1 Å². The monoisotopic (exact) mass is 1480 g/mol. The predicted molar refractivity (Wildman–Crippen MR) is 343 cm³/mol. The summed E-state index contributed by atoms with van der Waals surface area (Å²) in [6, 6.07) is 91.2. The standard InChI is InChI=1S/2C13H9.2C12H18N.2C12H11Si.2ClH.2Hf/c2*1-3-7-12-10(5-1)9-11-6-2-4-8-13(11)12;2*1-8(2)10-6-5-7-11(9(3)4)12(10)13;2*1-3-7-11(8-4-1)13-12-9-5-2-6-10-12;;;;/h2*1-5,7-8H,9H2;2*5-9,13H,1-4H3;2*1-10,13H;2*1H;;/q4*-1;;;;;;/p-2. The van der Waals surface area contributed by atoms with Crippen LogP contribution in [0.1, 0.15) is 124 Å². The van der Waals surface area contributed by atoms with Crippen LogP contribution in [0.2, 0.25) is 0 Å². The van der Waals surface area contributed by atoms with Gasteiger partial charge in [-0.1, -0.05) is 327 Å². The van der Waals surface area contributed by atoms with E-state index in [-0.39, 0.29) is 95.5 Å². The third-order valence-corrected chi connectivity index (χ3v) is 16.7. The molecule has 2 radical (unpaired) electrons. The average molecular weight is 1480 g/mol. The minimum Gasteiger partial charge on any atom is -1.00 e. The fraction of sp³-hybridized carbons (Fsp3) is 0.189. The molecule has 0 aromatic heterocycles. The van der Waals surface area contributed by atoms with E-state index in [2.05, 4.69) is 298 Å². The van der Waals surface area contributed by atoms with Crippen LogP contribution in [0.15, 0.2) is 243 Å². The summed E-state index contributed by atoms with van der Waals surface area (Å²) < 4.78 is 0. The maximum atomic E-state index is 8.01. The minimum absolute atomic E-state index is 0. The molecule has 10 aromatic carbocycles. The van der Waals surface area contributed by atoms with Crippen LogP contribution in [0.5, 0.6) is 0 Å². The molecule has 10 aromatic rings. The van der Waals surface area contributed by atoms with Gasteiger partial charge in [0.1, 0.15) is 19.0 Å². The van der Waals surface area contributed by atoms with Crippen molar-refractivity contribution in [3.8, 4) is 22.3 Å². The number of hydrogen-bond donors (Lipinski definition) is 0. The van der Waals surface area contributed by atoms with Gasteiger partial charge >= 0.3 is 0 Å². The van der Waals surface area contributed by atoms with E-state index in [9.17, 15) is 0 Å². The summed E-state index contributed by atoms with van der Waals surface area (Å²) in [5.74, 6) is 1.80. The molecule has 2 aliphatic carbocycles. The molecular formula is C74H76Cl2Hf2N2Si2-6. The van der Waals surface area contributed by atoms with Crippen LogP contribution in [0.3, 0.4) is 0 Å². The van der Waals surface area contributed by atoms with Gasteiger partial charge in [0.25, 0.3) is 0 Å². The number of benzene rings is 10. The minimum atomic E-state index is 0. The Kier molecular flexibility index (Phi) is 31.9. The Bertz CT molecular complexity index is 2950. The second-order valence-electron chi connectivity index (χ2n) is 21.0. The van der Waals surface area contributed by atoms with E-state index in [0.717, 1.165) is 46.5 Å². The first-order valence-corrected chi connectivity index (χ1v) is 29.9. The van der Waals surface area contributed by atoms with Crippen molar-refractivity contribution >= 4 is 51.2 Å². The molecule has 0 heterocycles. The van der Waals surface area contributed by atoms with Gasteiger partial charge in [-0.2, -0.15) is 59.7 Å². The van der Waals surface area contributed by atoms with Crippen molar-refractivity contribution in [3.05, 3.63) is 311 Å². The Morgan fingerprint density at radius 1 is 0.305 bits per heavy atom. The molecule has 2 N–H and O–H groups in total. The van der Waals surface area contributed by atoms with Crippen molar-refractivity contribution in [2.75, 3.05) is 0 Å². The SMILES string of the molecule is CC(C)c1cccc(C(C)C)c1[NH-].CC(C)c1cccc(C(C)C)c1[NH-].[Cl-].[Cl-].[Hf].[Hf].[c-]1cccc2c1Cc1ccccc1-2.[c-]1cccc2c1Cc1ccccc1-2.c1ccc([SiH]c2ccccc2)cc1.c1ccc([SiH]c2ccccc2)cc1. The van der Waals surface area contributed by atoms with Crippen LogP contribution in [0.4, 0.5) is 11.4 Å². The van der Waals surface area contributed by atoms with Crippen molar-refractivity contribution in [2.45, 2.75) is 91.9 Å². The van der Waals surface area contributed by atoms with Gasteiger partial charge < -0.3 is 36.3 Å². The van der Waals surface area contributed by atoms with Gasteiger partial charge in [0.2, 0.25) is 0 Å². The van der Waals surface area contributed by atoms with Gasteiger partial charge in [-0.25, -0.2) is 0 Å². The molecule has 82 heavy (non-hydrogen) atoms. The fourth-order valence-electron chi connectivity index (χ4n) is 9.68.